The monoisotopic (exact) mass is 254 g/mol. The Hall–Kier alpha value is -1.19. The van der Waals surface area contributed by atoms with Crippen LogP contribution in [0.3, 0.4) is 0 Å². The first kappa shape index (κ1) is 14.8. The second-order valence-corrected chi connectivity index (χ2v) is 4.86. The molecule has 0 saturated heterocycles. The normalized spacial score (nSPS) is 13.7. The topological polar surface area (TPSA) is 133 Å². The average molecular weight is 254 g/mol. The van der Waals surface area contributed by atoms with Crippen LogP contribution in [0.2, 0.25) is 0 Å². The van der Waals surface area contributed by atoms with Crippen molar-refractivity contribution < 1.29 is 28.2 Å². The van der Waals surface area contributed by atoms with Crippen LogP contribution in [0.4, 0.5) is 0 Å². The highest BCUT2D eigenvalue weighted by molar-refractivity contribution is 7.87. The maximum absolute atomic E-state index is 11.3. The first-order valence-electron chi connectivity index (χ1n) is 4.38. The van der Waals surface area contributed by atoms with Gasteiger partial charge in [-0.15, -0.1) is 0 Å². The van der Waals surface area contributed by atoms with Crippen molar-refractivity contribution in [1.29, 1.82) is 0 Å². The van der Waals surface area contributed by atoms with Crippen molar-refractivity contribution in [2.45, 2.75) is 32.4 Å². The third-order valence-electron chi connectivity index (χ3n) is 1.37. The van der Waals surface area contributed by atoms with Gasteiger partial charge < -0.3 is 10.2 Å². The van der Waals surface area contributed by atoms with Crippen LogP contribution in [0.15, 0.2) is 0 Å². The number of hydrogen-bond donors (Lipinski definition) is 4. The SMILES string of the molecule is CC(C)NS(=O)(=O)NC(CC(=O)O)C(=O)O. The minimum absolute atomic E-state index is 0.420. The Morgan fingerprint density at radius 1 is 1.19 bits per heavy atom. The van der Waals surface area contributed by atoms with Crippen molar-refractivity contribution in [3.8, 4) is 0 Å². The predicted molar refractivity (Wildman–Crippen MR) is 54.0 cm³/mol. The number of nitrogens with one attached hydrogen (secondary N) is 2. The van der Waals surface area contributed by atoms with Gasteiger partial charge in [-0.3, -0.25) is 9.59 Å². The minimum atomic E-state index is -4.01. The predicted octanol–water partition coefficient (Wildman–Crippen LogP) is -1.25. The molecule has 0 saturated carbocycles. The molecule has 0 bridgehead atoms. The second kappa shape index (κ2) is 5.77. The van der Waals surface area contributed by atoms with Gasteiger partial charge in [0.25, 0.3) is 10.2 Å². The van der Waals surface area contributed by atoms with Crippen LogP contribution < -0.4 is 9.44 Å². The first-order valence-corrected chi connectivity index (χ1v) is 5.86. The highest BCUT2D eigenvalue weighted by Crippen LogP contribution is 1.96. The molecular weight excluding hydrogens is 240 g/mol. The Kier molecular flexibility index (Phi) is 5.35. The molecule has 1 atom stereocenters. The summed E-state index contributed by atoms with van der Waals surface area (Å²) in [4.78, 5) is 20.9. The summed E-state index contributed by atoms with van der Waals surface area (Å²) < 4.78 is 26.3. The molecule has 16 heavy (non-hydrogen) atoms. The van der Waals surface area contributed by atoms with Gasteiger partial charge in [0.05, 0.1) is 6.42 Å². The maximum Gasteiger partial charge on any atom is 0.322 e. The standard InChI is InChI=1S/C7H14N2O6S/c1-4(2)8-16(14,15)9-5(7(12)13)3-6(10)11/h4-5,8-9H,3H2,1-2H3,(H,10,11)(H,12,13). The highest BCUT2D eigenvalue weighted by Gasteiger charge is 2.26. The summed E-state index contributed by atoms with van der Waals surface area (Å²) in [6.07, 6.45) is -0.825. The van der Waals surface area contributed by atoms with Gasteiger partial charge >= 0.3 is 11.9 Å². The van der Waals surface area contributed by atoms with E-state index in [4.69, 9.17) is 10.2 Å². The lowest BCUT2D eigenvalue weighted by molar-refractivity contribution is -0.145. The third kappa shape index (κ3) is 6.32. The largest absolute Gasteiger partial charge is 0.481 e. The Morgan fingerprint density at radius 2 is 1.69 bits per heavy atom. The fourth-order valence-electron chi connectivity index (χ4n) is 0.886. The van der Waals surface area contributed by atoms with Crippen LogP contribution in [0.1, 0.15) is 20.3 Å². The third-order valence-corrected chi connectivity index (χ3v) is 2.74. The smallest absolute Gasteiger partial charge is 0.322 e. The zero-order valence-electron chi connectivity index (χ0n) is 8.80. The number of hydrogen-bond acceptors (Lipinski definition) is 4. The molecule has 0 aromatic rings. The van der Waals surface area contributed by atoms with Crippen molar-refractivity contribution in [1.82, 2.24) is 9.44 Å². The van der Waals surface area contributed by atoms with Gasteiger partial charge in [0.15, 0.2) is 0 Å². The molecule has 0 rings (SSSR count). The van der Waals surface area contributed by atoms with E-state index in [2.05, 4.69) is 4.72 Å². The van der Waals surface area contributed by atoms with Crippen molar-refractivity contribution in [2.24, 2.45) is 0 Å². The van der Waals surface area contributed by atoms with Crippen LogP contribution in [-0.2, 0) is 19.8 Å². The summed E-state index contributed by atoms with van der Waals surface area (Å²) in [6.45, 7) is 3.10. The van der Waals surface area contributed by atoms with E-state index in [0.29, 0.717) is 0 Å². The van der Waals surface area contributed by atoms with E-state index in [0.717, 1.165) is 0 Å². The zero-order chi connectivity index (χ0) is 12.9. The van der Waals surface area contributed by atoms with Crippen LogP contribution in [0, 0.1) is 0 Å². The van der Waals surface area contributed by atoms with E-state index < -0.39 is 40.7 Å². The van der Waals surface area contributed by atoms with Crippen LogP contribution in [0.5, 0.6) is 0 Å². The molecule has 0 aromatic heterocycles. The van der Waals surface area contributed by atoms with E-state index in [-0.39, 0.29) is 0 Å². The van der Waals surface area contributed by atoms with Crippen LogP contribution in [-0.4, -0.2) is 42.7 Å². The number of rotatable bonds is 7. The molecular formula is C7H14N2O6S. The highest BCUT2D eigenvalue weighted by atomic mass is 32.2. The molecule has 0 aromatic carbocycles. The van der Waals surface area contributed by atoms with Gasteiger partial charge in [-0.05, 0) is 13.8 Å². The Morgan fingerprint density at radius 3 is 2.00 bits per heavy atom. The lowest BCUT2D eigenvalue weighted by Crippen LogP contribution is -2.48. The van der Waals surface area contributed by atoms with Crippen molar-refractivity contribution in [2.75, 3.05) is 0 Å². The van der Waals surface area contributed by atoms with E-state index in [1.165, 1.54) is 0 Å². The molecule has 0 spiro atoms. The second-order valence-electron chi connectivity index (χ2n) is 3.38. The molecule has 0 amide bonds. The minimum Gasteiger partial charge on any atom is -0.481 e. The Labute approximate surface area is 92.8 Å². The molecule has 1 unspecified atom stereocenters. The zero-order valence-corrected chi connectivity index (χ0v) is 9.61. The lowest BCUT2D eigenvalue weighted by atomic mass is 10.2. The number of carboxylic acids is 2. The molecule has 94 valence electrons. The van der Waals surface area contributed by atoms with Gasteiger partial charge in [0.1, 0.15) is 6.04 Å². The Balaban J connectivity index is 4.63. The molecule has 0 radical (unpaired) electrons. The molecule has 0 fully saturated rings. The fourth-order valence-corrected chi connectivity index (χ4v) is 2.13. The first-order chi connectivity index (χ1) is 7.14. The van der Waals surface area contributed by atoms with Gasteiger partial charge in [-0.25, -0.2) is 0 Å². The number of carboxylic acid groups (broad SMARTS) is 2. The van der Waals surface area contributed by atoms with Crippen molar-refractivity contribution >= 4 is 22.1 Å². The van der Waals surface area contributed by atoms with E-state index in [9.17, 15) is 18.0 Å². The summed E-state index contributed by atoms with van der Waals surface area (Å²) >= 11 is 0. The van der Waals surface area contributed by atoms with Crippen LogP contribution in [0.25, 0.3) is 0 Å². The van der Waals surface area contributed by atoms with Crippen molar-refractivity contribution in [3.63, 3.8) is 0 Å². The average Bonchev–Trinajstić information content (AvgIpc) is 1.98. The number of carbonyl (C=O) groups is 2. The van der Waals surface area contributed by atoms with Gasteiger partial charge in [0, 0.05) is 6.04 Å². The summed E-state index contributed by atoms with van der Waals surface area (Å²) in [5, 5.41) is 17.0. The maximum atomic E-state index is 11.3. The molecule has 0 aliphatic carbocycles. The van der Waals surface area contributed by atoms with Crippen LogP contribution >= 0.6 is 0 Å². The molecule has 0 heterocycles. The van der Waals surface area contributed by atoms with E-state index >= 15 is 0 Å². The van der Waals surface area contributed by atoms with Gasteiger partial charge in [-0.1, -0.05) is 0 Å². The van der Waals surface area contributed by atoms with Gasteiger partial charge in [0.2, 0.25) is 0 Å². The van der Waals surface area contributed by atoms with E-state index in [1.54, 1.807) is 18.6 Å². The summed E-state index contributed by atoms with van der Waals surface area (Å²) in [5.41, 5.74) is 0. The molecule has 9 heteroatoms. The summed E-state index contributed by atoms with van der Waals surface area (Å²) in [6, 6.07) is -2.11. The van der Waals surface area contributed by atoms with E-state index in [1.807, 2.05) is 0 Å². The number of aliphatic carboxylic acids is 2. The quantitative estimate of drug-likeness (QED) is 0.448. The van der Waals surface area contributed by atoms with Gasteiger partial charge in [-0.2, -0.15) is 17.9 Å². The fraction of sp³-hybridized carbons (Fsp3) is 0.714. The molecule has 8 nitrogen and oxygen atoms in total. The summed E-state index contributed by atoms with van der Waals surface area (Å²) in [5.74, 6) is -2.95. The Bertz CT molecular complexity index is 363. The van der Waals surface area contributed by atoms with Crippen molar-refractivity contribution in [3.05, 3.63) is 0 Å². The molecule has 0 aliphatic rings. The summed E-state index contributed by atoms with van der Waals surface area (Å²) in [7, 11) is -4.01. The molecule has 0 aliphatic heterocycles. The molecule has 4 N–H and O–H groups in total. The lowest BCUT2D eigenvalue weighted by Gasteiger charge is -2.14.